The van der Waals surface area contributed by atoms with E-state index in [0.29, 0.717) is 0 Å². The Morgan fingerprint density at radius 2 is 1.58 bits per heavy atom. The predicted molar refractivity (Wildman–Crippen MR) is 56.8 cm³/mol. The van der Waals surface area contributed by atoms with Crippen LogP contribution in [0.5, 0.6) is 0 Å². The topological polar surface area (TPSA) is 0 Å². The van der Waals surface area contributed by atoms with Crippen molar-refractivity contribution in [3.63, 3.8) is 0 Å². The highest BCUT2D eigenvalue weighted by Gasteiger charge is 1.72. The van der Waals surface area contributed by atoms with E-state index in [0.717, 1.165) is 5.54 Å². The van der Waals surface area contributed by atoms with Crippen LogP contribution in [0.2, 0.25) is 0 Å². The minimum Gasteiger partial charge on any atom is -0.0904 e. The Bertz CT molecular complexity index is 225. The van der Waals surface area contributed by atoms with Crippen LogP contribution >= 0.6 is 34.8 Å². The Hall–Kier alpha value is -0.170. The van der Waals surface area contributed by atoms with Crippen LogP contribution < -0.4 is 0 Å². The fraction of sp³-hybridized carbons (Fsp3) is 0.111. The number of benzene rings is 1. The summed E-state index contributed by atoms with van der Waals surface area (Å²) in [6, 6.07) is 10.3. The predicted octanol–water partition coefficient (Wildman–Crippen LogP) is 4.50. The Kier molecular flexibility index (Phi) is 7.37. The van der Waals surface area contributed by atoms with Crippen molar-refractivity contribution < 1.29 is 0 Å². The second-order valence-electron chi connectivity index (χ2n) is 2.05. The fourth-order valence-corrected chi connectivity index (χ4v) is 0.534. The van der Waals surface area contributed by atoms with E-state index in [4.69, 9.17) is 34.8 Å². The van der Waals surface area contributed by atoms with Gasteiger partial charge in [-0.05, 0) is 6.92 Å². The van der Waals surface area contributed by atoms with Gasteiger partial charge in [-0.3, -0.25) is 0 Å². The first-order valence-corrected chi connectivity index (χ1v) is 4.49. The van der Waals surface area contributed by atoms with Gasteiger partial charge in [-0.15, -0.1) is 0 Å². The Labute approximate surface area is 87.8 Å². The van der Waals surface area contributed by atoms with Crippen molar-refractivity contribution in [1.29, 1.82) is 0 Å². The van der Waals surface area contributed by atoms with Crippen LogP contribution in [0.3, 0.4) is 0 Å². The van der Waals surface area contributed by atoms with Crippen LogP contribution in [0.25, 0.3) is 0 Å². The van der Waals surface area contributed by atoms with Crippen molar-refractivity contribution in [2.45, 2.75) is 6.92 Å². The largest absolute Gasteiger partial charge is 0.118 e. The number of aryl methyl sites for hydroxylation is 1. The maximum atomic E-state index is 4.96. The molecule has 0 unspecified atom stereocenters. The lowest BCUT2D eigenvalue weighted by molar-refractivity contribution is 1.48. The Morgan fingerprint density at radius 3 is 1.75 bits per heavy atom. The quantitative estimate of drug-likeness (QED) is 0.608. The highest BCUT2D eigenvalue weighted by molar-refractivity contribution is 6.58. The van der Waals surface area contributed by atoms with Crippen molar-refractivity contribution in [3.8, 4) is 0 Å². The molecule has 1 aromatic carbocycles. The second kappa shape index (κ2) is 7.48. The Morgan fingerprint density at radius 1 is 1.17 bits per heavy atom. The second-order valence-corrected chi connectivity index (χ2v) is 3.28. The molecule has 66 valence electrons. The van der Waals surface area contributed by atoms with Crippen LogP contribution in [0.4, 0.5) is 0 Å². The van der Waals surface area contributed by atoms with Gasteiger partial charge in [-0.2, -0.15) is 0 Å². The average Bonchev–Trinajstić information content (AvgIpc) is 2.07. The van der Waals surface area contributed by atoms with Gasteiger partial charge in [-0.1, -0.05) is 70.7 Å². The molecule has 0 saturated heterocycles. The SMILES string of the molecule is Cc1ccccc1.ClC=C(Cl)Cl. The van der Waals surface area contributed by atoms with E-state index in [1.165, 1.54) is 5.56 Å². The summed E-state index contributed by atoms with van der Waals surface area (Å²) in [5.74, 6) is 0. The third-order valence-electron chi connectivity index (χ3n) is 1.02. The minimum absolute atomic E-state index is 0.0895. The van der Waals surface area contributed by atoms with Gasteiger partial charge in [0.2, 0.25) is 0 Å². The maximum absolute atomic E-state index is 4.96. The summed E-state index contributed by atoms with van der Waals surface area (Å²) in [5.41, 5.74) is 2.41. The lowest BCUT2D eigenvalue weighted by Gasteiger charge is -1.82. The molecule has 0 nitrogen and oxygen atoms in total. The lowest BCUT2D eigenvalue weighted by atomic mass is 10.2. The van der Waals surface area contributed by atoms with Gasteiger partial charge in [0, 0.05) is 5.54 Å². The average molecular weight is 224 g/mol. The molecule has 0 N–H and O–H groups in total. The first-order chi connectivity index (χ1) is 5.66. The first-order valence-electron chi connectivity index (χ1n) is 3.30. The van der Waals surface area contributed by atoms with E-state index in [1.54, 1.807) is 0 Å². The zero-order valence-corrected chi connectivity index (χ0v) is 8.87. The lowest BCUT2D eigenvalue weighted by Crippen LogP contribution is -1.62. The molecule has 0 fully saturated rings. The van der Waals surface area contributed by atoms with Crippen LogP contribution in [-0.4, -0.2) is 0 Å². The van der Waals surface area contributed by atoms with Crippen molar-refractivity contribution in [1.82, 2.24) is 0 Å². The molecule has 3 heteroatoms. The molecule has 0 aromatic heterocycles. The van der Waals surface area contributed by atoms with Gasteiger partial charge < -0.3 is 0 Å². The highest BCUT2D eigenvalue weighted by atomic mass is 35.5. The molecular formula is C9H9Cl3. The number of halogens is 3. The summed E-state index contributed by atoms with van der Waals surface area (Å²) in [6.07, 6.45) is 0. The molecule has 0 aliphatic carbocycles. The molecular weight excluding hydrogens is 214 g/mol. The van der Waals surface area contributed by atoms with Gasteiger partial charge in [0.05, 0.1) is 0 Å². The van der Waals surface area contributed by atoms with Crippen molar-refractivity contribution in [3.05, 3.63) is 45.9 Å². The van der Waals surface area contributed by atoms with Crippen LogP contribution in [-0.2, 0) is 0 Å². The van der Waals surface area contributed by atoms with Crippen molar-refractivity contribution >= 4 is 34.8 Å². The summed E-state index contributed by atoms with van der Waals surface area (Å²) in [7, 11) is 0. The third kappa shape index (κ3) is 7.93. The van der Waals surface area contributed by atoms with Gasteiger partial charge in [0.25, 0.3) is 0 Å². The van der Waals surface area contributed by atoms with Gasteiger partial charge in [0.15, 0.2) is 0 Å². The normalized spacial score (nSPS) is 8.00. The van der Waals surface area contributed by atoms with E-state index >= 15 is 0 Å². The van der Waals surface area contributed by atoms with Crippen molar-refractivity contribution in [2.24, 2.45) is 0 Å². The maximum Gasteiger partial charge on any atom is 0.118 e. The minimum atomic E-state index is 0.0895. The standard InChI is InChI=1S/C7H8.C2HCl3/c1-7-5-3-2-4-6-7;3-1-2(4)5/h2-6H,1H3;1H. The van der Waals surface area contributed by atoms with Crippen LogP contribution in [0, 0.1) is 6.92 Å². The Balaban J connectivity index is 0.000000217. The summed E-state index contributed by atoms with van der Waals surface area (Å²) < 4.78 is 0.0895. The first kappa shape index (κ1) is 11.8. The molecule has 0 amide bonds. The van der Waals surface area contributed by atoms with Crippen LogP contribution in [0.1, 0.15) is 5.56 Å². The zero-order chi connectivity index (χ0) is 9.40. The smallest absolute Gasteiger partial charge is 0.0904 e. The van der Waals surface area contributed by atoms with E-state index in [1.807, 2.05) is 18.2 Å². The molecule has 1 aromatic rings. The molecule has 0 bridgehead atoms. The molecule has 0 atom stereocenters. The molecule has 0 aliphatic heterocycles. The molecule has 0 radical (unpaired) electrons. The van der Waals surface area contributed by atoms with E-state index in [-0.39, 0.29) is 4.49 Å². The van der Waals surface area contributed by atoms with Crippen LogP contribution in [0.15, 0.2) is 40.4 Å². The van der Waals surface area contributed by atoms with Gasteiger partial charge in [0.1, 0.15) is 4.49 Å². The fourth-order valence-electron chi connectivity index (χ4n) is 0.534. The van der Waals surface area contributed by atoms with Gasteiger partial charge >= 0.3 is 0 Å². The number of hydrogen-bond donors (Lipinski definition) is 0. The third-order valence-corrected chi connectivity index (χ3v) is 1.68. The molecule has 12 heavy (non-hydrogen) atoms. The highest BCUT2D eigenvalue weighted by Crippen LogP contribution is 2.05. The summed E-state index contributed by atoms with van der Waals surface area (Å²) >= 11 is 14.8. The molecule has 0 aliphatic rings. The summed E-state index contributed by atoms with van der Waals surface area (Å²) in [4.78, 5) is 0. The van der Waals surface area contributed by atoms with E-state index in [2.05, 4.69) is 19.1 Å². The number of rotatable bonds is 0. The number of hydrogen-bond acceptors (Lipinski definition) is 0. The molecule has 0 spiro atoms. The van der Waals surface area contributed by atoms with E-state index < -0.39 is 0 Å². The molecule has 1 rings (SSSR count). The molecule has 0 heterocycles. The van der Waals surface area contributed by atoms with Gasteiger partial charge in [-0.25, -0.2) is 0 Å². The monoisotopic (exact) mass is 222 g/mol. The molecule has 0 saturated carbocycles. The van der Waals surface area contributed by atoms with Crippen molar-refractivity contribution in [2.75, 3.05) is 0 Å². The summed E-state index contributed by atoms with van der Waals surface area (Å²) in [5, 5.41) is 0. The van der Waals surface area contributed by atoms with E-state index in [9.17, 15) is 0 Å². The zero-order valence-electron chi connectivity index (χ0n) is 6.60. The summed E-state index contributed by atoms with van der Waals surface area (Å²) in [6.45, 7) is 2.08.